The first kappa shape index (κ1) is 15.4. The number of hydrogen-bond donors (Lipinski definition) is 1. The van der Waals surface area contributed by atoms with Crippen LogP contribution in [-0.4, -0.2) is 27.7 Å². The minimum absolute atomic E-state index is 0.223. The summed E-state index contributed by atoms with van der Waals surface area (Å²) >= 11 is 1.56. The van der Waals surface area contributed by atoms with Crippen LogP contribution in [0.1, 0.15) is 28.1 Å². The topological polar surface area (TPSA) is 76.9 Å². The number of carbonyl (C=O) groups is 1. The fourth-order valence-corrected chi connectivity index (χ4v) is 3.10. The van der Waals surface area contributed by atoms with Crippen LogP contribution in [0.15, 0.2) is 34.4 Å². The molecule has 2 aromatic heterocycles. The Bertz CT molecular complexity index is 929. The summed E-state index contributed by atoms with van der Waals surface area (Å²) in [5.41, 5.74) is 0.799. The van der Waals surface area contributed by atoms with E-state index in [0.717, 1.165) is 17.1 Å². The van der Waals surface area contributed by atoms with Gasteiger partial charge in [-0.3, -0.25) is 9.59 Å². The number of benzene rings is 1. The van der Waals surface area contributed by atoms with Gasteiger partial charge in [-0.2, -0.15) is 5.10 Å². The maximum Gasteiger partial charge on any atom is 0.275 e. The van der Waals surface area contributed by atoms with E-state index in [4.69, 9.17) is 0 Å². The molecule has 0 aliphatic heterocycles. The molecule has 3 rings (SSSR count). The monoisotopic (exact) mass is 328 g/mol. The first-order valence-electron chi connectivity index (χ1n) is 7.29. The van der Waals surface area contributed by atoms with E-state index in [0.29, 0.717) is 10.8 Å². The van der Waals surface area contributed by atoms with Crippen molar-refractivity contribution in [3.63, 3.8) is 0 Å². The number of aryl methyl sites for hydroxylation is 1. The molecule has 1 amide bonds. The Morgan fingerprint density at radius 3 is 2.70 bits per heavy atom. The van der Waals surface area contributed by atoms with Gasteiger partial charge in [0.05, 0.1) is 22.6 Å². The quantitative estimate of drug-likeness (QED) is 0.792. The summed E-state index contributed by atoms with van der Waals surface area (Å²) in [5, 5.41) is 10.8. The molecule has 0 saturated carbocycles. The Balaban J connectivity index is 2.14. The highest BCUT2D eigenvalue weighted by Crippen LogP contribution is 2.15. The van der Waals surface area contributed by atoms with Gasteiger partial charge >= 0.3 is 0 Å². The zero-order valence-electron chi connectivity index (χ0n) is 12.9. The predicted octanol–water partition coefficient (Wildman–Crippen LogP) is 1.82. The normalized spacial score (nSPS) is 10.9. The molecule has 0 saturated heterocycles. The van der Waals surface area contributed by atoms with Crippen LogP contribution in [-0.2, 0) is 13.0 Å². The van der Waals surface area contributed by atoms with E-state index < -0.39 is 0 Å². The molecule has 0 spiro atoms. The van der Waals surface area contributed by atoms with E-state index in [1.165, 1.54) is 4.68 Å². The molecular formula is C16H16N4O2S. The summed E-state index contributed by atoms with van der Waals surface area (Å²) in [6, 6.07) is 7.01. The standard InChI is InChI=1S/C16H16N4O2S/c1-3-13-18-10(9-23-13)8-20-16(22)12-7-5-4-6-11(12)14(19-20)15(21)17-2/h4-7,9H,3,8H2,1-2H3,(H,17,21). The average Bonchev–Trinajstić information content (AvgIpc) is 3.04. The number of rotatable bonds is 4. The molecule has 1 aromatic carbocycles. The number of fused-ring (bicyclic) bond motifs is 1. The van der Waals surface area contributed by atoms with Crippen molar-refractivity contribution in [1.82, 2.24) is 20.1 Å². The Kier molecular flexibility index (Phi) is 4.20. The predicted molar refractivity (Wildman–Crippen MR) is 90.0 cm³/mol. The highest BCUT2D eigenvalue weighted by atomic mass is 32.1. The summed E-state index contributed by atoms with van der Waals surface area (Å²) in [6.45, 7) is 2.29. The van der Waals surface area contributed by atoms with Crippen molar-refractivity contribution in [3.8, 4) is 0 Å². The fraction of sp³-hybridized carbons (Fsp3) is 0.250. The average molecular weight is 328 g/mol. The lowest BCUT2D eigenvalue weighted by atomic mass is 10.1. The summed E-state index contributed by atoms with van der Waals surface area (Å²) in [5.74, 6) is -0.317. The molecule has 0 aliphatic carbocycles. The number of nitrogens with zero attached hydrogens (tertiary/aromatic N) is 3. The third kappa shape index (κ3) is 2.87. The van der Waals surface area contributed by atoms with Crippen LogP contribution >= 0.6 is 11.3 Å². The summed E-state index contributed by atoms with van der Waals surface area (Å²) in [4.78, 5) is 29.2. The molecule has 7 heteroatoms. The Morgan fingerprint density at radius 2 is 2.04 bits per heavy atom. The van der Waals surface area contributed by atoms with Crippen molar-refractivity contribution in [3.05, 3.63) is 56.4 Å². The van der Waals surface area contributed by atoms with Crippen LogP contribution < -0.4 is 10.9 Å². The lowest BCUT2D eigenvalue weighted by Gasteiger charge is -2.09. The molecule has 6 nitrogen and oxygen atoms in total. The zero-order chi connectivity index (χ0) is 16.4. The maximum absolute atomic E-state index is 12.6. The van der Waals surface area contributed by atoms with Crippen molar-refractivity contribution in [2.75, 3.05) is 7.05 Å². The maximum atomic E-state index is 12.6. The second kappa shape index (κ2) is 6.29. The highest BCUT2D eigenvalue weighted by molar-refractivity contribution is 7.09. The van der Waals surface area contributed by atoms with Crippen LogP contribution in [0.5, 0.6) is 0 Å². The number of nitrogens with one attached hydrogen (secondary N) is 1. The van der Waals surface area contributed by atoms with E-state index in [9.17, 15) is 9.59 Å². The van der Waals surface area contributed by atoms with Gasteiger partial charge in [0.15, 0.2) is 5.69 Å². The summed E-state index contributed by atoms with van der Waals surface area (Å²) < 4.78 is 1.31. The lowest BCUT2D eigenvalue weighted by Crippen LogP contribution is -2.29. The molecule has 118 valence electrons. The number of aromatic nitrogens is 3. The van der Waals surface area contributed by atoms with Gasteiger partial charge in [0.25, 0.3) is 11.5 Å². The summed E-state index contributed by atoms with van der Waals surface area (Å²) in [6.07, 6.45) is 0.855. The zero-order valence-corrected chi connectivity index (χ0v) is 13.7. The third-order valence-corrected chi connectivity index (χ3v) is 4.57. The van der Waals surface area contributed by atoms with Gasteiger partial charge in [-0.15, -0.1) is 11.3 Å². The molecule has 0 aliphatic rings. The molecule has 0 unspecified atom stereocenters. The fourth-order valence-electron chi connectivity index (χ4n) is 2.37. The minimum atomic E-state index is -0.317. The van der Waals surface area contributed by atoms with Crippen LogP contribution in [0.4, 0.5) is 0 Å². The van der Waals surface area contributed by atoms with Gasteiger partial charge < -0.3 is 5.32 Å². The Labute approximate surface area is 136 Å². The van der Waals surface area contributed by atoms with Crippen LogP contribution in [0.25, 0.3) is 10.8 Å². The molecule has 1 N–H and O–H groups in total. The smallest absolute Gasteiger partial charge is 0.275 e. The Hall–Kier alpha value is -2.54. The van der Waals surface area contributed by atoms with Gasteiger partial charge in [-0.1, -0.05) is 25.1 Å². The molecular weight excluding hydrogens is 312 g/mol. The van der Waals surface area contributed by atoms with E-state index >= 15 is 0 Å². The number of carbonyl (C=O) groups excluding carboxylic acids is 1. The molecule has 0 atom stereocenters. The largest absolute Gasteiger partial charge is 0.354 e. The first-order chi connectivity index (χ1) is 11.1. The van der Waals surface area contributed by atoms with Crippen molar-refractivity contribution in [2.45, 2.75) is 19.9 Å². The molecule has 3 aromatic rings. The number of thiazole rings is 1. The third-order valence-electron chi connectivity index (χ3n) is 3.52. The van der Waals surface area contributed by atoms with Gasteiger partial charge in [0, 0.05) is 17.8 Å². The summed E-state index contributed by atoms with van der Waals surface area (Å²) in [7, 11) is 1.54. The van der Waals surface area contributed by atoms with Gasteiger partial charge in [-0.25, -0.2) is 9.67 Å². The Morgan fingerprint density at radius 1 is 1.30 bits per heavy atom. The van der Waals surface area contributed by atoms with E-state index in [1.807, 2.05) is 12.3 Å². The van der Waals surface area contributed by atoms with Crippen molar-refractivity contribution >= 4 is 28.0 Å². The van der Waals surface area contributed by atoms with E-state index in [1.54, 1.807) is 42.6 Å². The van der Waals surface area contributed by atoms with Gasteiger partial charge in [-0.05, 0) is 12.5 Å². The number of amides is 1. The van der Waals surface area contributed by atoms with E-state index in [2.05, 4.69) is 15.4 Å². The molecule has 2 heterocycles. The van der Waals surface area contributed by atoms with Gasteiger partial charge in [0.2, 0.25) is 0 Å². The SMILES string of the molecule is CCc1nc(Cn2nc(C(=O)NC)c3ccccc3c2=O)cs1. The number of hydrogen-bond acceptors (Lipinski definition) is 5. The molecule has 23 heavy (non-hydrogen) atoms. The second-order valence-corrected chi connectivity index (χ2v) is 5.96. The molecule has 0 bridgehead atoms. The van der Waals surface area contributed by atoms with Crippen LogP contribution in [0, 0.1) is 0 Å². The van der Waals surface area contributed by atoms with Crippen molar-refractivity contribution < 1.29 is 4.79 Å². The molecule has 0 radical (unpaired) electrons. The lowest BCUT2D eigenvalue weighted by molar-refractivity contribution is 0.0957. The first-order valence-corrected chi connectivity index (χ1v) is 8.17. The van der Waals surface area contributed by atoms with Crippen molar-refractivity contribution in [2.24, 2.45) is 0 Å². The van der Waals surface area contributed by atoms with Crippen LogP contribution in [0.3, 0.4) is 0 Å². The van der Waals surface area contributed by atoms with Gasteiger partial charge in [0.1, 0.15) is 0 Å². The highest BCUT2D eigenvalue weighted by Gasteiger charge is 2.16. The minimum Gasteiger partial charge on any atom is -0.354 e. The van der Waals surface area contributed by atoms with Crippen LogP contribution in [0.2, 0.25) is 0 Å². The van der Waals surface area contributed by atoms with E-state index in [-0.39, 0.29) is 23.7 Å². The second-order valence-electron chi connectivity index (χ2n) is 5.02. The molecule has 0 fully saturated rings. The van der Waals surface area contributed by atoms with Crippen molar-refractivity contribution in [1.29, 1.82) is 0 Å².